The van der Waals surface area contributed by atoms with Crippen molar-refractivity contribution in [3.63, 3.8) is 0 Å². The first-order valence-corrected chi connectivity index (χ1v) is 14.8. The predicted octanol–water partition coefficient (Wildman–Crippen LogP) is 4.61. The molecule has 0 aliphatic carbocycles. The molecule has 3 aromatic heterocycles. The van der Waals surface area contributed by atoms with Gasteiger partial charge in [0, 0.05) is 48.2 Å². The molecule has 2 aliphatic rings. The Morgan fingerprint density at radius 1 is 1.07 bits per heavy atom. The van der Waals surface area contributed by atoms with Gasteiger partial charge < -0.3 is 15.0 Å². The second kappa shape index (κ2) is 11.4. The van der Waals surface area contributed by atoms with E-state index in [2.05, 4.69) is 67.7 Å². The molecule has 2 aromatic carbocycles. The lowest BCUT2D eigenvalue weighted by Gasteiger charge is -2.27. The van der Waals surface area contributed by atoms with E-state index in [1.165, 1.54) is 16.0 Å². The Morgan fingerprint density at radius 3 is 2.83 bits per heavy atom. The monoisotopic (exact) mass is 565 g/mol. The fourth-order valence-electron chi connectivity index (χ4n) is 5.59. The average molecular weight is 566 g/mol. The van der Waals surface area contributed by atoms with E-state index >= 15 is 0 Å². The third kappa shape index (κ3) is 5.46. The Labute approximate surface area is 242 Å². The van der Waals surface area contributed by atoms with Gasteiger partial charge in [-0.3, -0.25) is 14.4 Å². The van der Waals surface area contributed by atoms with Crippen LogP contribution < -0.4 is 5.32 Å². The molecule has 7 rings (SSSR count). The van der Waals surface area contributed by atoms with Crippen LogP contribution in [0.1, 0.15) is 16.0 Å². The topological polar surface area (TPSA) is 88.4 Å². The van der Waals surface area contributed by atoms with Gasteiger partial charge in [0.15, 0.2) is 0 Å². The van der Waals surface area contributed by atoms with Crippen LogP contribution in [0.3, 0.4) is 0 Å². The number of morpholine rings is 1. The number of aromatic nitrogens is 4. The van der Waals surface area contributed by atoms with Crippen LogP contribution in [0.15, 0.2) is 73.2 Å². The lowest BCUT2D eigenvalue weighted by Crippen LogP contribution is -2.37. The average Bonchev–Trinajstić information content (AvgIpc) is 3.59. The van der Waals surface area contributed by atoms with E-state index in [0.29, 0.717) is 13.1 Å². The van der Waals surface area contributed by atoms with Crippen molar-refractivity contribution in [2.45, 2.75) is 19.5 Å². The van der Waals surface area contributed by atoms with Gasteiger partial charge in [-0.25, -0.2) is 9.97 Å². The SMILES string of the molecule is O=C(C=CCN1CCOCC1)N1CCc2c(sc3ncnc(Nc4ccc5c(cnn5Cc5ccccc5)c4)c23)C1. The number of thiophene rings is 1. The summed E-state index contributed by atoms with van der Waals surface area (Å²) in [4.78, 5) is 28.5. The Morgan fingerprint density at radius 2 is 1.95 bits per heavy atom. The molecule has 1 amide bonds. The summed E-state index contributed by atoms with van der Waals surface area (Å²) < 4.78 is 7.43. The van der Waals surface area contributed by atoms with E-state index in [9.17, 15) is 4.79 Å². The molecule has 0 bridgehead atoms. The third-order valence-electron chi connectivity index (χ3n) is 7.76. The van der Waals surface area contributed by atoms with E-state index in [1.807, 2.05) is 27.9 Å². The predicted molar refractivity (Wildman–Crippen MR) is 161 cm³/mol. The van der Waals surface area contributed by atoms with Gasteiger partial charge in [-0.05, 0) is 35.7 Å². The van der Waals surface area contributed by atoms with Crippen molar-refractivity contribution in [3.05, 3.63) is 89.2 Å². The zero-order valence-corrected chi connectivity index (χ0v) is 23.5. The fraction of sp³-hybridized carbons (Fsp3) is 0.290. The third-order valence-corrected chi connectivity index (χ3v) is 8.88. The number of anilines is 2. The first-order valence-electron chi connectivity index (χ1n) is 14.0. The van der Waals surface area contributed by atoms with E-state index in [1.54, 1.807) is 23.7 Å². The minimum absolute atomic E-state index is 0.0620. The van der Waals surface area contributed by atoms with E-state index in [4.69, 9.17) is 4.74 Å². The number of benzene rings is 2. The smallest absolute Gasteiger partial charge is 0.246 e. The zero-order valence-electron chi connectivity index (χ0n) is 22.7. The summed E-state index contributed by atoms with van der Waals surface area (Å²) >= 11 is 1.65. The number of nitrogens with one attached hydrogen (secondary N) is 1. The molecular weight excluding hydrogens is 534 g/mol. The largest absolute Gasteiger partial charge is 0.379 e. The minimum Gasteiger partial charge on any atom is -0.379 e. The van der Waals surface area contributed by atoms with Gasteiger partial charge in [-0.15, -0.1) is 11.3 Å². The van der Waals surface area contributed by atoms with Crippen LogP contribution >= 0.6 is 11.3 Å². The highest BCUT2D eigenvalue weighted by Gasteiger charge is 2.25. The maximum absolute atomic E-state index is 12.9. The Kier molecular flexibility index (Phi) is 7.18. The molecule has 2 aliphatic heterocycles. The normalized spacial score (nSPS) is 16.0. The molecule has 0 atom stereocenters. The summed E-state index contributed by atoms with van der Waals surface area (Å²) in [7, 11) is 0. The highest BCUT2D eigenvalue weighted by atomic mass is 32.1. The number of rotatable bonds is 7. The second-order valence-corrected chi connectivity index (χ2v) is 11.5. The maximum atomic E-state index is 12.9. The number of hydrogen-bond acceptors (Lipinski definition) is 8. The summed E-state index contributed by atoms with van der Waals surface area (Å²) in [6.45, 7) is 6.14. The maximum Gasteiger partial charge on any atom is 0.246 e. The quantitative estimate of drug-likeness (QED) is 0.289. The number of amides is 1. The van der Waals surface area contributed by atoms with Crippen molar-refractivity contribution < 1.29 is 9.53 Å². The molecule has 208 valence electrons. The molecule has 0 unspecified atom stereocenters. The number of fused-ring (bicyclic) bond motifs is 4. The van der Waals surface area contributed by atoms with Crippen molar-refractivity contribution in [1.29, 1.82) is 0 Å². The van der Waals surface area contributed by atoms with Crippen LogP contribution in [0.2, 0.25) is 0 Å². The highest BCUT2D eigenvalue weighted by molar-refractivity contribution is 7.19. The molecule has 10 heteroatoms. The van der Waals surface area contributed by atoms with Gasteiger partial charge in [0.2, 0.25) is 5.91 Å². The number of nitrogens with zero attached hydrogens (tertiary/aromatic N) is 6. The Hall–Kier alpha value is -4.12. The molecule has 1 saturated heterocycles. The molecule has 5 heterocycles. The summed E-state index contributed by atoms with van der Waals surface area (Å²) in [6, 6.07) is 16.6. The van der Waals surface area contributed by atoms with Gasteiger partial charge in [-0.1, -0.05) is 36.4 Å². The fourth-order valence-corrected chi connectivity index (χ4v) is 6.79. The molecule has 5 aromatic rings. The van der Waals surface area contributed by atoms with Crippen LogP contribution in [-0.2, 0) is 29.0 Å². The molecule has 0 spiro atoms. The molecule has 41 heavy (non-hydrogen) atoms. The molecule has 9 nitrogen and oxygen atoms in total. The summed E-state index contributed by atoms with van der Waals surface area (Å²) in [5.41, 5.74) is 4.50. The molecule has 1 N–H and O–H groups in total. The van der Waals surface area contributed by atoms with Gasteiger partial charge >= 0.3 is 0 Å². The Balaban J connectivity index is 1.07. The Bertz CT molecular complexity index is 1720. The van der Waals surface area contributed by atoms with Gasteiger partial charge in [0.25, 0.3) is 0 Å². The van der Waals surface area contributed by atoms with Crippen molar-refractivity contribution in [1.82, 2.24) is 29.5 Å². The van der Waals surface area contributed by atoms with Crippen LogP contribution in [0.4, 0.5) is 11.5 Å². The van der Waals surface area contributed by atoms with Crippen molar-refractivity contribution in [2.24, 2.45) is 0 Å². The van der Waals surface area contributed by atoms with E-state index in [0.717, 1.165) is 78.4 Å². The number of hydrogen-bond donors (Lipinski definition) is 1. The van der Waals surface area contributed by atoms with Crippen molar-refractivity contribution in [3.8, 4) is 0 Å². The first kappa shape index (κ1) is 25.8. The summed E-state index contributed by atoms with van der Waals surface area (Å²) in [5.74, 6) is 0.862. The minimum atomic E-state index is 0.0620. The lowest BCUT2D eigenvalue weighted by atomic mass is 10.0. The molecule has 0 saturated carbocycles. The van der Waals surface area contributed by atoms with Gasteiger partial charge in [0.1, 0.15) is 17.0 Å². The van der Waals surface area contributed by atoms with Crippen LogP contribution in [-0.4, -0.2) is 74.8 Å². The standard InChI is InChI=1S/C31H31N7O2S/c39-28(7-4-11-36-13-15-40-16-14-36)37-12-10-25-27(20-37)41-31-29(25)30(32-21-33-31)35-24-8-9-26-23(17-24)18-34-38(26)19-22-5-2-1-3-6-22/h1-9,17-18,21H,10-16,19-20H2,(H,32,33,35). The van der Waals surface area contributed by atoms with Crippen molar-refractivity contribution >= 4 is 49.9 Å². The van der Waals surface area contributed by atoms with E-state index < -0.39 is 0 Å². The second-order valence-electron chi connectivity index (χ2n) is 10.4. The molecular formula is C31H31N7O2S. The highest BCUT2D eigenvalue weighted by Crippen LogP contribution is 2.38. The number of carbonyl (C=O) groups is 1. The molecule has 0 radical (unpaired) electrons. The van der Waals surface area contributed by atoms with Crippen LogP contribution in [0.25, 0.3) is 21.1 Å². The summed E-state index contributed by atoms with van der Waals surface area (Å²) in [5, 5.41) is 10.3. The summed E-state index contributed by atoms with van der Waals surface area (Å²) in [6.07, 6.45) is 8.00. The van der Waals surface area contributed by atoms with Crippen LogP contribution in [0, 0.1) is 0 Å². The van der Waals surface area contributed by atoms with Gasteiger partial charge in [0.05, 0.1) is 43.4 Å². The molecule has 1 fully saturated rings. The number of carbonyl (C=O) groups excluding carboxylic acids is 1. The van der Waals surface area contributed by atoms with Crippen LogP contribution in [0.5, 0.6) is 0 Å². The zero-order chi connectivity index (χ0) is 27.6. The lowest BCUT2D eigenvalue weighted by molar-refractivity contribution is -0.126. The van der Waals surface area contributed by atoms with Gasteiger partial charge in [-0.2, -0.15) is 5.10 Å². The van der Waals surface area contributed by atoms with Crippen molar-refractivity contribution in [2.75, 3.05) is 44.7 Å². The number of ether oxygens (including phenoxy) is 1. The van der Waals surface area contributed by atoms with E-state index in [-0.39, 0.29) is 5.91 Å². The first-order chi connectivity index (χ1) is 20.2.